The number of hydrogen-bond donors (Lipinski definition) is 3. The molecule has 3 aromatic rings. The first-order valence-corrected chi connectivity index (χ1v) is 18.6. The Morgan fingerprint density at radius 1 is 0.944 bits per heavy atom. The third kappa shape index (κ3) is 9.14. The van der Waals surface area contributed by atoms with Crippen molar-refractivity contribution >= 4 is 23.9 Å². The summed E-state index contributed by atoms with van der Waals surface area (Å²) in [5.41, 5.74) is 6.00. The maximum atomic E-state index is 14.7. The largest absolute Gasteiger partial charge is 0.488 e. The molecule has 13 heteroatoms. The minimum absolute atomic E-state index is 0.00699. The zero-order valence-corrected chi connectivity index (χ0v) is 30.4. The third-order valence-corrected chi connectivity index (χ3v) is 10.6. The molecule has 1 unspecified atom stereocenters. The number of aryl methyl sites for hydroxylation is 2. The van der Waals surface area contributed by atoms with Crippen LogP contribution in [0.5, 0.6) is 5.75 Å². The Kier molecular flexibility index (Phi) is 12.7. The molecule has 3 fully saturated rings. The number of amides is 2. The Bertz CT molecular complexity index is 1840. The number of halogens is 3. The molecular formula is C41H47F3N4O6. The molecule has 10 nitrogen and oxygen atoms in total. The van der Waals surface area contributed by atoms with Crippen molar-refractivity contribution in [3.8, 4) is 5.75 Å². The SMILES string of the molecule is Cc1ccc(CCN(C(=O)C2=C(c3ccc(CCCOc4c(F)ccc(F)c4F)cc3)C[C@H]3CN(C(=O)C4CCCN4O)C[C@@H]2N3)C2CC2)cc1.O=CO. The van der Waals surface area contributed by atoms with E-state index in [0.717, 1.165) is 59.6 Å². The van der Waals surface area contributed by atoms with Gasteiger partial charge in [-0.2, -0.15) is 9.45 Å². The van der Waals surface area contributed by atoms with Gasteiger partial charge in [0.2, 0.25) is 11.7 Å². The van der Waals surface area contributed by atoms with Gasteiger partial charge >= 0.3 is 0 Å². The van der Waals surface area contributed by atoms with E-state index in [-0.39, 0.29) is 43.0 Å². The van der Waals surface area contributed by atoms with Crippen molar-refractivity contribution in [2.24, 2.45) is 0 Å². The number of rotatable bonds is 12. The lowest BCUT2D eigenvalue weighted by Crippen LogP contribution is -2.63. The number of piperazine rings is 1. The molecular weight excluding hydrogens is 701 g/mol. The average molecular weight is 749 g/mol. The fraction of sp³-hybridized carbons (Fsp3) is 0.439. The predicted octanol–water partition coefficient (Wildman–Crippen LogP) is 5.54. The van der Waals surface area contributed by atoms with Gasteiger partial charge in [-0.25, -0.2) is 8.78 Å². The number of fused-ring (bicyclic) bond motifs is 2. The molecule has 3 heterocycles. The van der Waals surface area contributed by atoms with E-state index in [0.29, 0.717) is 57.4 Å². The average Bonchev–Trinajstić information content (AvgIpc) is 3.92. The topological polar surface area (TPSA) is 123 Å². The second-order valence-corrected chi connectivity index (χ2v) is 14.5. The van der Waals surface area contributed by atoms with E-state index >= 15 is 0 Å². The second-order valence-electron chi connectivity index (χ2n) is 14.5. The quantitative estimate of drug-likeness (QED) is 0.126. The summed E-state index contributed by atoms with van der Waals surface area (Å²) in [6.07, 6.45) is 5.69. The van der Waals surface area contributed by atoms with Gasteiger partial charge in [-0.15, -0.1) is 0 Å². The van der Waals surface area contributed by atoms with Gasteiger partial charge in [-0.05, 0) is 92.7 Å². The number of hydrogen-bond acceptors (Lipinski definition) is 7. The van der Waals surface area contributed by atoms with Crippen molar-refractivity contribution in [1.29, 1.82) is 0 Å². The number of carbonyl (C=O) groups excluding carboxylic acids is 2. The molecule has 1 aliphatic carbocycles. The van der Waals surface area contributed by atoms with Crippen LogP contribution in [0, 0.1) is 24.4 Å². The van der Waals surface area contributed by atoms with Crippen LogP contribution in [-0.2, 0) is 27.2 Å². The molecule has 54 heavy (non-hydrogen) atoms. The Morgan fingerprint density at radius 2 is 1.61 bits per heavy atom. The van der Waals surface area contributed by atoms with Crippen LogP contribution in [0.25, 0.3) is 5.57 Å². The predicted molar refractivity (Wildman–Crippen MR) is 195 cm³/mol. The zero-order chi connectivity index (χ0) is 38.4. The Morgan fingerprint density at radius 3 is 2.28 bits per heavy atom. The Balaban J connectivity index is 0.00000160. The number of hydroxylamine groups is 2. The molecule has 0 spiro atoms. The van der Waals surface area contributed by atoms with Crippen molar-refractivity contribution in [2.75, 3.05) is 32.8 Å². The number of nitrogens with zero attached hydrogens (tertiary/aromatic N) is 3. The summed E-state index contributed by atoms with van der Waals surface area (Å²) in [7, 11) is 0. The van der Waals surface area contributed by atoms with E-state index < -0.39 is 29.2 Å². The highest BCUT2D eigenvalue weighted by Gasteiger charge is 2.45. The zero-order valence-electron chi connectivity index (χ0n) is 30.4. The molecule has 2 bridgehead atoms. The maximum absolute atomic E-state index is 14.7. The van der Waals surface area contributed by atoms with Gasteiger partial charge in [0.15, 0.2) is 17.4 Å². The van der Waals surface area contributed by atoms with Crippen molar-refractivity contribution in [3.05, 3.63) is 106 Å². The molecule has 0 radical (unpaired) electrons. The molecule has 2 saturated heterocycles. The van der Waals surface area contributed by atoms with Crippen LogP contribution in [0.15, 0.2) is 66.2 Å². The van der Waals surface area contributed by atoms with E-state index in [1.54, 1.807) is 0 Å². The fourth-order valence-corrected chi connectivity index (χ4v) is 7.72. The summed E-state index contributed by atoms with van der Waals surface area (Å²) in [6.45, 7) is 3.76. The highest BCUT2D eigenvalue weighted by atomic mass is 19.2. The van der Waals surface area contributed by atoms with E-state index in [1.165, 1.54) is 11.1 Å². The van der Waals surface area contributed by atoms with E-state index in [9.17, 15) is 28.0 Å². The lowest BCUT2D eigenvalue weighted by atomic mass is 9.82. The Labute approximate surface area is 313 Å². The maximum Gasteiger partial charge on any atom is 0.290 e. The number of carbonyl (C=O) groups is 3. The smallest absolute Gasteiger partial charge is 0.290 e. The summed E-state index contributed by atoms with van der Waals surface area (Å²) >= 11 is 0. The lowest BCUT2D eigenvalue weighted by Gasteiger charge is -2.45. The van der Waals surface area contributed by atoms with Gasteiger partial charge < -0.3 is 30.2 Å². The summed E-state index contributed by atoms with van der Waals surface area (Å²) in [5.74, 6) is -4.22. The number of ether oxygens (including phenoxy) is 1. The number of benzene rings is 3. The molecule has 4 aliphatic rings. The van der Waals surface area contributed by atoms with Crippen molar-refractivity contribution < 1.29 is 42.6 Å². The van der Waals surface area contributed by atoms with Crippen LogP contribution >= 0.6 is 0 Å². The van der Waals surface area contributed by atoms with E-state index in [2.05, 4.69) is 36.5 Å². The number of carboxylic acid groups (broad SMARTS) is 1. The molecule has 7 rings (SSSR count). The summed E-state index contributed by atoms with van der Waals surface area (Å²) in [6, 6.07) is 17.3. The van der Waals surface area contributed by atoms with E-state index in [1.807, 2.05) is 34.1 Å². The van der Waals surface area contributed by atoms with Crippen molar-refractivity contribution in [1.82, 2.24) is 20.2 Å². The van der Waals surface area contributed by atoms with Crippen molar-refractivity contribution in [3.63, 3.8) is 0 Å². The summed E-state index contributed by atoms with van der Waals surface area (Å²) in [4.78, 5) is 40.6. The summed E-state index contributed by atoms with van der Waals surface area (Å²) in [5, 5.41) is 22.1. The van der Waals surface area contributed by atoms with Crippen LogP contribution in [0.4, 0.5) is 13.2 Å². The highest BCUT2D eigenvalue weighted by molar-refractivity contribution is 6.03. The minimum atomic E-state index is -1.33. The summed E-state index contributed by atoms with van der Waals surface area (Å²) < 4.78 is 46.7. The monoisotopic (exact) mass is 748 g/mol. The van der Waals surface area contributed by atoms with Gasteiger partial charge in [0.1, 0.15) is 6.04 Å². The first-order chi connectivity index (χ1) is 26.1. The molecule has 0 aromatic heterocycles. The minimum Gasteiger partial charge on any atom is -0.488 e. The third-order valence-electron chi connectivity index (χ3n) is 10.6. The molecule has 3 N–H and O–H groups in total. The molecule has 2 amide bonds. The van der Waals surface area contributed by atoms with Gasteiger partial charge in [-0.3, -0.25) is 14.4 Å². The van der Waals surface area contributed by atoms with Crippen LogP contribution in [0.3, 0.4) is 0 Å². The van der Waals surface area contributed by atoms with Gasteiger partial charge in [-0.1, -0.05) is 54.1 Å². The number of nitrogens with one attached hydrogen (secondary N) is 1. The second kappa shape index (κ2) is 17.6. The highest BCUT2D eigenvalue weighted by Crippen LogP contribution is 2.37. The van der Waals surface area contributed by atoms with Crippen LogP contribution < -0.4 is 10.1 Å². The van der Waals surface area contributed by atoms with Gasteiger partial charge in [0, 0.05) is 43.8 Å². The normalized spacial score (nSPS) is 21.0. The van der Waals surface area contributed by atoms with Gasteiger partial charge in [0.05, 0.1) is 12.6 Å². The van der Waals surface area contributed by atoms with Crippen LogP contribution in [-0.4, -0.2) is 100 Å². The molecule has 3 atom stereocenters. The van der Waals surface area contributed by atoms with Crippen LogP contribution in [0.2, 0.25) is 0 Å². The first-order valence-electron chi connectivity index (χ1n) is 18.6. The molecule has 288 valence electrons. The standard InChI is InChI=1S/C40H45F3N4O4.CH2O2/c1-25-6-8-27(9-7-25)18-20-46(30-14-15-30)40(49)36-31(22-29-23-45(24-34(36)44-29)39(48)35-5-2-19-47(35)50)28-12-10-26(11-13-28)4-3-21-51-38-33(42)17-16-32(41)37(38)43;2-1-3/h6-13,16-17,29-30,34-35,44,50H,2-5,14-15,18-24H2,1H3;1H,(H,2,3)/t29-,34-,35?;/m0./s1. The van der Waals surface area contributed by atoms with Crippen LogP contribution in [0.1, 0.15) is 60.8 Å². The molecule has 3 aliphatic heterocycles. The fourth-order valence-electron chi connectivity index (χ4n) is 7.72. The molecule has 1 saturated carbocycles. The van der Waals surface area contributed by atoms with Crippen molar-refractivity contribution in [2.45, 2.75) is 82.5 Å². The van der Waals surface area contributed by atoms with E-state index in [4.69, 9.17) is 14.6 Å². The first kappa shape index (κ1) is 39.0. The lowest BCUT2D eigenvalue weighted by molar-refractivity contribution is -0.157. The Hall–Kier alpha value is -4.72. The molecule has 3 aromatic carbocycles. The van der Waals surface area contributed by atoms with Gasteiger partial charge in [0.25, 0.3) is 12.4 Å².